The van der Waals surface area contributed by atoms with E-state index in [1.54, 1.807) is 0 Å². The van der Waals surface area contributed by atoms with E-state index in [0.717, 1.165) is 45.3 Å². The molecule has 1 saturated heterocycles. The van der Waals surface area contributed by atoms with Gasteiger partial charge in [-0.1, -0.05) is 19.3 Å². The largest absolute Gasteiger partial charge is 0.353 e. The summed E-state index contributed by atoms with van der Waals surface area (Å²) < 4.78 is 0. The van der Waals surface area contributed by atoms with Crippen molar-refractivity contribution >= 4 is 24.2 Å². The van der Waals surface area contributed by atoms with Gasteiger partial charge in [0.15, 0.2) is 0 Å². The van der Waals surface area contributed by atoms with Gasteiger partial charge >= 0.3 is 0 Å². The van der Waals surface area contributed by atoms with Gasteiger partial charge < -0.3 is 15.5 Å². The van der Waals surface area contributed by atoms with Gasteiger partial charge in [-0.15, -0.1) is 12.4 Å². The molecule has 1 aliphatic carbocycles. The van der Waals surface area contributed by atoms with Crippen LogP contribution in [0, 0.1) is 5.92 Å². The molecule has 6 heteroatoms. The predicted molar refractivity (Wildman–Crippen MR) is 90.1 cm³/mol. The SMILES string of the molecule is CC1CN(C(=O)CC(C)NC(=O)C2CCCCC2)CCN1.Cl. The highest BCUT2D eigenvalue weighted by molar-refractivity contribution is 5.85. The van der Waals surface area contributed by atoms with Crippen LogP contribution in [0.1, 0.15) is 52.4 Å². The highest BCUT2D eigenvalue weighted by Crippen LogP contribution is 2.23. The van der Waals surface area contributed by atoms with Crippen LogP contribution >= 0.6 is 12.4 Å². The molecular weight excluding hydrogens is 302 g/mol. The van der Waals surface area contributed by atoms with Gasteiger partial charge in [-0.05, 0) is 26.7 Å². The van der Waals surface area contributed by atoms with Crippen LogP contribution in [0.15, 0.2) is 0 Å². The van der Waals surface area contributed by atoms with Crippen molar-refractivity contribution in [2.75, 3.05) is 19.6 Å². The minimum Gasteiger partial charge on any atom is -0.353 e. The summed E-state index contributed by atoms with van der Waals surface area (Å²) in [7, 11) is 0. The Labute approximate surface area is 140 Å². The average Bonchev–Trinajstić information content (AvgIpc) is 2.48. The van der Waals surface area contributed by atoms with Gasteiger partial charge in [0.05, 0.1) is 0 Å². The first kappa shape index (κ1) is 19.2. The fraction of sp³-hybridized carbons (Fsp3) is 0.875. The lowest BCUT2D eigenvalue weighted by Gasteiger charge is -2.33. The number of hydrogen-bond donors (Lipinski definition) is 2. The van der Waals surface area contributed by atoms with Gasteiger partial charge in [0.25, 0.3) is 0 Å². The molecule has 2 atom stereocenters. The summed E-state index contributed by atoms with van der Waals surface area (Å²) >= 11 is 0. The van der Waals surface area contributed by atoms with Crippen LogP contribution in [0.5, 0.6) is 0 Å². The molecule has 0 aromatic heterocycles. The molecule has 0 radical (unpaired) electrons. The van der Waals surface area contributed by atoms with E-state index < -0.39 is 0 Å². The van der Waals surface area contributed by atoms with E-state index in [4.69, 9.17) is 0 Å². The second kappa shape index (κ2) is 9.36. The molecule has 0 spiro atoms. The maximum absolute atomic E-state index is 12.3. The van der Waals surface area contributed by atoms with Crippen LogP contribution < -0.4 is 10.6 Å². The van der Waals surface area contributed by atoms with Crippen LogP contribution in [0.2, 0.25) is 0 Å². The van der Waals surface area contributed by atoms with Gasteiger partial charge in [0, 0.05) is 44.1 Å². The molecule has 2 amide bonds. The van der Waals surface area contributed by atoms with Gasteiger partial charge in [0.1, 0.15) is 0 Å². The molecule has 0 aromatic rings. The molecular formula is C16H30ClN3O2. The van der Waals surface area contributed by atoms with Crippen LogP contribution in [0.3, 0.4) is 0 Å². The number of nitrogens with zero attached hydrogens (tertiary/aromatic N) is 1. The summed E-state index contributed by atoms with van der Waals surface area (Å²) in [4.78, 5) is 26.3. The molecule has 1 aliphatic heterocycles. The monoisotopic (exact) mass is 331 g/mol. The summed E-state index contributed by atoms with van der Waals surface area (Å²) in [6, 6.07) is 0.284. The topological polar surface area (TPSA) is 61.4 Å². The zero-order valence-corrected chi connectivity index (χ0v) is 14.6. The highest BCUT2D eigenvalue weighted by atomic mass is 35.5. The Bertz CT molecular complexity index is 372. The lowest BCUT2D eigenvalue weighted by molar-refractivity contribution is -0.133. The second-order valence-electron chi connectivity index (χ2n) is 6.64. The minimum absolute atomic E-state index is 0. The molecule has 5 nitrogen and oxygen atoms in total. The Hall–Kier alpha value is -0.810. The highest BCUT2D eigenvalue weighted by Gasteiger charge is 2.25. The lowest BCUT2D eigenvalue weighted by Crippen LogP contribution is -2.52. The Morgan fingerprint density at radius 1 is 1.27 bits per heavy atom. The lowest BCUT2D eigenvalue weighted by atomic mass is 9.88. The van der Waals surface area contributed by atoms with E-state index in [0.29, 0.717) is 12.5 Å². The number of carbonyl (C=O) groups is 2. The fourth-order valence-corrected chi connectivity index (χ4v) is 3.33. The van der Waals surface area contributed by atoms with E-state index in [9.17, 15) is 9.59 Å². The van der Waals surface area contributed by atoms with Gasteiger partial charge in [0.2, 0.25) is 11.8 Å². The van der Waals surface area contributed by atoms with Crippen molar-refractivity contribution in [3.05, 3.63) is 0 Å². The Morgan fingerprint density at radius 2 is 1.95 bits per heavy atom. The molecule has 2 N–H and O–H groups in total. The third-order valence-corrected chi connectivity index (χ3v) is 4.57. The maximum atomic E-state index is 12.3. The van der Waals surface area contributed by atoms with Crippen LogP contribution in [0.4, 0.5) is 0 Å². The maximum Gasteiger partial charge on any atom is 0.224 e. The summed E-state index contributed by atoms with van der Waals surface area (Å²) in [5.41, 5.74) is 0. The molecule has 1 heterocycles. The smallest absolute Gasteiger partial charge is 0.224 e. The summed E-state index contributed by atoms with van der Waals surface area (Å²) in [6.45, 7) is 6.42. The molecule has 1 saturated carbocycles. The number of piperazine rings is 1. The molecule has 2 rings (SSSR count). The van der Waals surface area contributed by atoms with Gasteiger partial charge in [-0.3, -0.25) is 9.59 Å². The van der Waals surface area contributed by atoms with Crippen molar-refractivity contribution in [3.8, 4) is 0 Å². The van der Waals surface area contributed by atoms with Crippen LogP contribution in [-0.2, 0) is 9.59 Å². The fourth-order valence-electron chi connectivity index (χ4n) is 3.33. The first-order chi connectivity index (χ1) is 10.1. The zero-order chi connectivity index (χ0) is 15.2. The van der Waals surface area contributed by atoms with Crippen molar-refractivity contribution in [1.29, 1.82) is 0 Å². The number of halogens is 1. The van der Waals surface area contributed by atoms with Crippen molar-refractivity contribution < 1.29 is 9.59 Å². The first-order valence-electron chi connectivity index (χ1n) is 8.38. The number of carbonyl (C=O) groups excluding carboxylic acids is 2. The first-order valence-corrected chi connectivity index (χ1v) is 8.38. The Balaban J connectivity index is 0.00000242. The normalized spacial score (nSPS) is 24.3. The molecule has 22 heavy (non-hydrogen) atoms. The summed E-state index contributed by atoms with van der Waals surface area (Å²) in [5.74, 6) is 0.457. The minimum atomic E-state index is -0.0721. The van der Waals surface area contributed by atoms with Crippen molar-refractivity contribution in [1.82, 2.24) is 15.5 Å². The average molecular weight is 332 g/mol. The summed E-state index contributed by atoms with van der Waals surface area (Å²) in [5, 5.41) is 6.36. The van der Waals surface area contributed by atoms with Crippen molar-refractivity contribution in [2.24, 2.45) is 5.92 Å². The molecule has 2 fully saturated rings. The van der Waals surface area contributed by atoms with Crippen molar-refractivity contribution in [3.63, 3.8) is 0 Å². The molecule has 0 aromatic carbocycles. The van der Waals surface area contributed by atoms with Gasteiger partial charge in [-0.25, -0.2) is 0 Å². The molecule has 128 valence electrons. The Kier molecular flexibility index (Phi) is 8.18. The van der Waals surface area contributed by atoms with E-state index in [1.165, 1.54) is 6.42 Å². The van der Waals surface area contributed by atoms with Crippen LogP contribution in [-0.4, -0.2) is 48.4 Å². The second-order valence-corrected chi connectivity index (χ2v) is 6.64. The zero-order valence-electron chi connectivity index (χ0n) is 13.8. The van der Waals surface area contributed by atoms with E-state index in [-0.39, 0.29) is 36.2 Å². The van der Waals surface area contributed by atoms with E-state index >= 15 is 0 Å². The van der Waals surface area contributed by atoms with E-state index in [2.05, 4.69) is 17.6 Å². The predicted octanol–water partition coefficient (Wildman–Crippen LogP) is 1.70. The number of amides is 2. The third kappa shape index (κ3) is 5.76. The van der Waals surface area contributed by atoms with Crippen molar-refractivity contribution in [2.45, 2.75) is 64.5 Å². The number of hydrogen-bond acceptors (Lipinski definition) is 3. The molecule has 2 unspecified atom stereocenters. The quantitative estimate of drug-likeness (QED) is 0.824. The van der Waals surface area contributed by atoms with Crippen LogP contribution in [0.25, 0.3) is 0 Å². The molecule has 2 aliphatic rings. The Morgan fingerprint density at radius 3 is 2.59 bits per heavy atom. The number of rotatable bonds is 4. The van der Waals surface area contributed by atoms with Gasteiger partial charge in [-0.2, -0.15) is 0 Å². The van der Waals surface area contributed by atoms with E-state index in [1.807, 2.05) is 11.8 Å². The standard InChI is InChI=1S/C16H29N3O2.ClH/c1-12(18-16(21)14-6-4-3-5-7-14)10-15(20)19-9-8-17-13(2)11-19;/h12-14,17H,3-11H2,1-2H3,(H,18,21);1H. The molecule has 0 bridgehead atoms. The third-order valence-electron chi connectivity index (χ3n) is 4.57. The summed E-state index contributed by atoms with van der Waals surface area (Å²) in [6.07, 6.45) is 5.97. The number of nitrogens with one attached hydrogen (secondary N) is 2.